The lowest BCUT2D eigenvalue weighted by Crippen LogP contribution is -2.14. The molecule has 0 radical (unpaired) electrons. The Morgan fingerprint density at radius 3 is 2.88 bits per heavy atom. The van der Waals surface area contributed by atoms with Gasteiger partial charge in [0.1, 0.15) is 5.75 Å². The van der Waals surface area contributed by atoms with E-state index in [-0.39, 0.29) is 0 Å². The second-order valence-electron chi connectivity index (χ2n) is 4.89. The minimum absolute atomic E-state index is 0.514. The predicted octanol–water partition coefficient (Wildman–Crippen LogP) is 3.24. The second-order valence-corrected chi connectivity index (χ2v) is 4.89. The fourth-order valence-electron chi connectivity index (χ4n) is 2.16. The van der Waals surface area contributed by atoms with Gasteiger partial charge in [-0.1, -0.05) is 31.1 Å². The van der Waals surface area contributed by atoms with Gasteiger partial charge in [-0.3, -0.25) is 0 Å². The van der Waals surface area contributed by atoms with Crippen LogP contribution in [0.25, 0.3) is 0 Å². The summed E-state index contributed by atoms with van der Waals surface area (Å²) >= 11 is 0. The third kappa shape index (κ3) is 2.60. The highest BCUT2D eigenvalue weighted by Gasteiger charge is 2.19. The first kappa shape index (κ1) is 12.0. The van der Waals surface area contributed by atoms with Crippen LogP contribution in [0.3, 0.4) is 0 Å². The molecule has 1 aromatic carbocycles. The zero-order chi connectivity index (χ0) is 12.3. The van der Waals surface area contributed by atoms with E-state index in [1.165, 1.54) is 5.56 Å². The average molecular weight is 233 g/mol. The molecule has 0 atom stereocenters. The number of benzene rings is 1. The first-order valence-corrected chi connectivity index (χ1v) is 6.18. The minimum Gasteiger partial charge on any atom is -0.493 e. The number of nitrogens with zero attached hydrogens (tertiary/aromatic N) is 1. The topological polar surface area (TPSA) is 41.8 Å². The van der Waals surface area contributed by atoms with Crippen molar-refractivity contribution in [3.63, 3.8) is 0 Å². The maximum absolute atomic E-state index is 8.99. The summed E-state index contributed by atoms with van der Waals surface area (Å²) in [6, 6.07) is 5.97. The van der Waals surface area contributed by atoms with Crippen molar-refractivity contribution in [1.82, 2.24) is 0 Å². The van der Waals surface area contributed by atoms with E-state index in [9.17, 15) is 0 Å². The Bertz CT molecular complexity index is 424. The van der Waals surface area contributed by atoms with Gasteiger partial charge in [0.05, 0.1) is 12.3 Å². The molecule has 2 rings (SSSR count). The van der Waals surface area contributed by atoms with Gasteiger partial charge in [-0.15, -0.1) is 0 Å². The summed E-state index contributed by atoms with van der Waals surface area (Å²) in [6.45, 7) is 4.99. The highest BCUT2D eigenvalue weighted by Crippen LogP contribution is 2.30. The van der Waals surface area contributed by atoms with Crippen LogP contribution in [-0.2, 0) is 6.42 Å². The van der Waals surface area contributed by atoms with Crippen LogP contribution in [-0.4, -0.2) is 17.5 Å². The van der Waals surface area contributed by atoms with Crippen LogP contribution in [0.15, 0.2) is 23.4 Å². The Kier molecular flexibility index (Phi) is 3.67. The zero-order valence-corrected chi connectivity index (χ0v) is 10.4. The van der Waals surface area contributed by atoms with Crippen molar-refractivity contribution in [1.29, 1.82) is 0 Å². The fourth-order valence-corrected chi connectivity index (χ4v) is 2.16. The summed E-state index contributed by atoms with van der Waals surface area (Å²) in [4.78, 5) is 0. The highest BCUT2D eigenvalue weighted by molar-refractivity contribution is 6.02. The van der Waals surface area contributed by atoms with Crippen LogP contribution in [0, 0.1) is 5.92 Å². The number of ether oxygens (including phenoxy) is 1. The van der Waals surface area contributed by atoms with Gasteiger partial charge in [0.25, 0.3) is 0 Å². The van der Waals surface area contributed by atoms with E-state index >= 15 is 0 Å². The van der Waals surface area contributed by atoms with E-state index in [1.54, 1.807) is 0 Å². The van der Waals surface area contributed by atoms with E-state index in [2.05, 4.69) is 19.0 Å². The maximum Gasteiger partial charge on any atom is 0.123 e. The van der Waals surface area contributed by atoms with Crippen LogP contribution in [0.2, 0.25) is 0 Å². The van der Waals surface area contributed by atoms with Crippen molar-refractivity contribution in [3.05, 3.63) is 29.3 Å². The standard InChI is InChI=1S/C14H19NO2/c1-10(2)9-17-14-8-4-5-11-12(14)6-3-7-13(11)15-16/h4-5,8,10,16H,3,6-7,9H2,1-2H3. The van der Waals surface area contributed by atoms with Gasteiger partial charge in [0, 0.05) is 11.1 Å². The molecule has 0 heterocycles. The lowest BCUT2D eigenvalue weighted by molar-refractivity contribution is 0.268. The van der Waals surface area contributed by atoms with Crippen LogP contribution in [0.4, 0.5) is 0 Å². The number of oxime groups is 1. The van der Waals surface area contributed by atoms with Gasteiger partial charge < -0.3 is 9.94 Å². The van der Waals surface area contributed by atoms with E-state index in [4.69, 9.17) is 9.94 Å². The van der Waals surface area contributed by atoms with Gasteiger partial charge in [0.2, 0.25) is 0 Å². The monoisotopic (exact) mass is 233 g/mol. The third-order valence-electron chi connectivity index (χ3n) is 2.98. The Morgan fingerprint density at radius 2 is 2.18 bits per heavy atom. The lowest BCUT2D eigenvalue weighted by atomic mass is 9.89. The molecular weight excluding hydrogens is 214 g/mol. The van der Waals surface area contributed by atoms with Crippen LogP contribution in [0.5, 0.6) is 5.75 Å². The van der Waals surface area contributed by atoms with Crippen molar-refractivity contribution in [3.8, 4) is 5.75 Å². The van der Waals surface area contributed by atoms with Crippen LogP contribution < -0.4 is 4.74 Å². The fraction of sp³-hybridized carbons (Fsp3) is 0.500. The highest BCUT2D eigenvalue weighted by atomic mass is 16.5. The molecule has 0 saturated heterocycles. The molecule has 0 spiro atoms. The summed E-state index contributed by atoms with van der Waals surface area (Å²) in [5.74, 6) is 1.46. The van der Waals surface area contributed by atoms with Crippen LogP contribution >= 0.6 is 0 Å². The Balaban J connectivity index is 2.29. The van der Waals surface area contributed by atoms with E-state index in [0.29, 0.717) is 5.92 Å². The molecule has 0 aliphatic heterocycles. The van der Waals surface area contributed by atoms with Gasteiger partial charge in [-0.25, -0.2) is 0 Å². The maximum atomic E-state index is 8.99. The number of hydrogen-bond acceptors (Lipinski definition) is 3. The molecule has 1 N–H and O–H groups in total. The molecule has 0 fully saturated rings. The Morgan fingerprint density at radius 1 is 1.35 bits per heavy atom. The predicted molar refractivity (Wildman–Crippen MR) is 68.0 cm³/mol. The summed E-state index contributed by atoms with van der Waals surface area (Å²) in [7, 11) is 0. The molecule has 0 saturated carbocycles. The van der Waals surface area contributed by atoms with Crippen molar-refractivity contribution in [2.75, 3.05) is 6.61 Å². The van der Waals surface area contributed by atoms with E-state index in [1.807, 2.05) is 18.2 Å². The summed E-state index contributed by atoms with van der Waals surface area (Å²) in [5.41, 5.74) is 3.01. The second kappa shape index (κ2) is 5.21. The summed E-state index contributed by atoms with van der Waals surface area (Å²) < 4.78 is 5.82. The van der Waals surface area contributed by atoms with E-state index in [0.717, 1.165) is 42.9 Å². The van der Waals surface area contributed by atoms with Crippen molar-refractivity contribution < 1.29 is 9.94 Å². The van der Waals surface area contributed by atoms with Gasteiger partial charge in [-0.05, 0) is 31.2 Å². The molecule has 1 aliphatic rings. The molecule has 1 aliphatic carbocycles. The first-order chi connectivity index (χ1) is 8.22. The number of hydrogen-bond donors (Lipinski definition) is 1. The Hall–Kier alpha value is -1.51. The molecule has 1 aromatic rings. The SMILES string of the molecule is CC(C)COc1cccc2c1CCCC2=NO. The molecule has 17 heavy (non-hydrogen) atoms. The van der Waals surface area contributed by atoms with Crippen molar-refractivity contribution >= 4 is 5.71 Å². The molecular formula is C14H19NO2. The molecule has 3 nitrogen and oxygen atoms in total. The van der Waals surface area contributed by atoms with Crippen molar-refractivity contribution in [2.45, 2.75) is 33.1 Å². The normalized spacial score (nSPS) is 17.2. The zero-order valence-electron chi connectivity index (χ0n) is 10.4. The summed E-state index contributed by atoms with van der Waals surface area (Å²) in [5, 5.41) is 12.4. The molecule has 92 valence electrons. The summed E-state index contributed by atoms with van der Waals surface area (Å²) in [6.07, 6.45) is 2.87. The quantitative estimate of drug-likeness (QED) is 0.643. The Labute approximate surface area is 102 Å². The van der Waals surface area contributed by atoms with Gasteiger partial charge >= 0.3 is 0 Å². The van der Waals surface area contributed by atoms with Gasteiger partial charge in [-0.2, -0.15) is 0 Å². The molecule has 0 amide bonds. The number of fused-ring (bicyclic) bond motifs is 1. The van der Waals surface area contributed by atoms with Gasteiger partial charge in [0.15, 0.2) is 0 Å². The number of rotatable bonds is 3. The molecule has 0 aromatic heterocycles. The van der Waals surface area contributed by atoms with Crippen LogP contribution in [0.1, 0.15) is 37.8 Å². The largest absolute Gasteiger partial charge is 0.493 e. The molecule has 0 bridgehead atoms. The first-order valence-electron chi connectivity index (χ1n) is 6.18. The third-order valence-corrected chi connectivity index (χ3v) is 2.98. The average Bonchev–Trinajstić information content (AvgIpc) is 2.35. The smallest absolute Gasteiger partial charge is 0.123 e. The molecule has 3 heteroatoms. The van der Waals surface area contributed by atoms with Crippen molar-refractivity contribution in [2.24, 2.45) is 11.1 Å². The molecule has 0 unspecified atom stereocenters. The van der Waals surface area contributed by atoms with E-state index < -0.39 is 0 Å². The minimum atomic E-state index is 0.514. The lowest BCUT2D eigenvalue weighted by Gasteiger charge is -2.20.